The Morgan fingerprint density at radius 3 is 2.83 bits per heavy atom. The number of halogens is 1. The molecule has 29 heavy (non-hydrogen) atoms. The maximum atomic E-state index is 6.49. The van der Waals surface area contributed by atoms with Crippen molar-refractivity contribution in [2.24, 2.45) is 4.99 Å². The summed E-state index contributed by atoms with van der Waals surface area (Å²) < 4.78 is 6.49. The molecule has 1 spiro atoms. The summed E-state index contributed by atoms with van der Waals surface area (Å²) in [6, 6.07) is 8.68. The van der Waals surface area contributed by atoms with Gasteiger partial charge in [-0.3, -0.25) is 4.99 Å². The van der Waals surface area contributed by atoms with Crippen molar-refractivity contribution >= 4 is 41.3 Å². The van der Waals surface area contributed by atoms with Crippen LogP contribution in [-0.4, -0.2) is 29.6 Å². The van der Waals surface area contributed by atoms with Crippen LogP contribution in [0.15, 0.2) is 35.5 Å². The molecule has 0 saturated heterocycles. The van der Waals surface area contributed by atoms with Crippen LogP contribution >= 0.6 is 35.3 Å². The summed E-state index contributed by atoms with van der Waals surface area (Å²) in [4.78, 5) is 10.5. The number of nitrogens with one attached hydrogen (secondary N) is 2. The van der Waals surface area contributed by atoms with E-state index in [-0.39, 0.29) is 35.6 Å². The lowest BCUT2D eigenvalue weighted by molar-refractivity contribution is 0.0396. The molecule has 0 amide bonds. The Kier molecular flexibility index (Phi) is 7.79. The van der Waals surface area contributed by atoms with Gasteiger partial charge in [0.15, 0.2) is 5.96 Å². The van der Waals surface area contributed by atoms with Crippen molar-refractivity contribution in [3.05, 3.63) is 45.9 Å². The zero-order valence-corrected chi connectivity index (χ0v) is 20.4. The normalized spacial score (nSPS) is 19.9. The lowest BCUT2D eigenvalue weighted by atomic mass is 9.86. The zero-order chi connectivity index (χ0) is 19.4. The molecule has 1 atom stereocenters. The Labute approximate surface area is 194 Å². The van der Waals surface area contributed by atoms with Crippen molar-refractivity contribution in [1.29, 1.82) is 0 Å². The van der Waals surface area contributed by atoms with Gasteiger partial charge in [0.2, 0.25) is 0 Å². The molecule has 4 rings (SSSR count). The van der Waals surface area contributed by atoms with Gasteiger partial charge < -0.3 is 15.4 Å². The third-order valence-corrected chi connectivity index (χ3v) is 6.60. The Bertz CT molecular complexity index is 832. The van der Waals surface area contributed by atoms with Crippen LogP contribution in [0.4, 0.5) is 0 Å². The summed E-state index contributed by atoms with van der Waals surface area (Å²) in [5, 5.41) is 8.26. The van der Waals surface area contributed by atoms with Crippen molar-refractivity contribution in [2.45, 2.75) is 64.0 Å². The lowest BCUT2D eigenvalue weighted by Gasteiger charge is -2.40. The molecule has 2 aromatic rings. The number of benzene rings is 1. The first-order valence-corrected chi connectivity index (χ1v) is 11.2. The van der Waals surface area contributed by atoms with Crippen LogP contribution < -0.4 is 15.4 Å². The largest absolute Gasteiger partial charge is 0.487 e. The van der Waals surface area contributed by atoms with Crippen LogP contribution in [0.1, 0.15) is 60.5 Å². The van der Waals surface area contributed by atoms with Gasteiger partial charge in [-0.1, -0.05) is 18.2 Å². The fourth-order valence-electron chi connectivity index (χ4n) is 4.34. The molecule has 1 aromatic carbocycles. The average Bonchev–Trinajstić information content (AvgIpc) is 3.31. The molecule has 5 nitrogen and oxygen atoms in total. The van der Waals surface area contributed by atoms with Crippen LogP contribution in [0, 0.1) is 6.92 Å². The summed E-state index contributed by atoms with van der Waals surface area (Å²) in [6.45, 7) is 5.78. The quantitative estimate of drug-likeness (QED) is 0.327. The monoisotopic (exact) mass is 526 g/mol. The van der Waals surface area contributed by atoms with E-state index >= 15 is 0 Å². The van der Waals surface area contributed by atoms with E-state index in [0.29, 0.717) is 0 Å². The van der Waals surface area contributed by atoms with Crippen LogP contribution in [0.3, 0.4) is 0 Å². The number of thiazole rings is 1. The molecule has 1 unspecified atom stereocenters. The number of aryl methyl sites for hydroxylation is 1. The maximum Gasteiger partial charge on any atom is 0.191 e. The molecular weight excluding hydrogens is 495 g/mol. The first kappa shape index (κ1) is 22.3. The Morgan fingerprint density at radius 2 is 2.10 bits per heavy atom. The minimum atomic E-state index is -0.0121. The number of rotatable bonds is 5. The third kappa shape index (κ3) is 5.42. The molecule has 0 radical (unpaired) electrons. The highest BCUT2D eigenvalue weighted by Crippen LogP contribution is 2.46. The average molecular weight is 526 g/mol. The van der Waals surface area contributed by atoms with Gasteiger partial charge in [0.25, 0.3) is 0 Å². The number of fused-ring (bicyclic) bond motifs is 1. The van der Waals surface area contributed by atoms with Crippen molar-refractivity contribution < 1.29 is 4.74 Å². The van der Waals surface area contributed by atoms with E-state index in [1.807, 2.05) is 6.20 Å². The minimum absolute atomic E-state index is 0. The number of aliphatic imine (C=N–C) groups is 1. The van der Waals surface area contributed by atoms with Crippen LogP contribution in [0.5, 0.6) is 5.75 Å². The van der Waals surface area contributed by atoms with E-state index < -0.39 is 0 Å². The molecule has 158 valence electrons. The lowest BCUT2D eigenvalue weighted by Crippen LogP contribution is -2.46. The SMILES string of the molecule is CCNC(=NCCc1ncc(C)s1)NC1CC2(CCCC2)Oc2ccccc21.I. The van der Waals surface area contributed by atoms with Gasteiger partial charge in [-0.2, -0.15) is 0 Å². The van der Waals surface area contributed by atoms with E-state index in [1.165, 1.54) is 23.3 Å². The summed E-state index contributed by atoms with van der Waals surface area (Å²) in [6.07, 6.45) is 8.64. The Hall–Kier alpha value is -1.35. The van der Waals surface area contributed by atoms with Crippen molar-refractivity contribution in [1.82, 2.24) is 15.6 Å². The fourth-order valence-corrected chi connectivity index (χ4v) is 5.11. The zero-order valence-electron chi connectivity index (χ0n) is 17.2. The molecule has 0 bridgehead atoms. The number of hydrogen-bond donors (Lipinski definition) is 2. The second-order valence-corrected chi connectivity index (χ2v) is 9.13. The van der Waals surface area contributed by atoms with Crippen molar-refractivity contribution in [3.63, 3.8) is 0 Å². The van der Waals surface area contributed by atoms with E-state index in [1.54, 1.807) is 11.3 Å². The predicted octanol–water partition coefficient (Wildman–Crippen LogP) is 5.00. The van der Waals surface area contributed by atoms with Crippen LogP contribution in [0.25, 0.3) is 0 Å². The Morgan fingerprint density at radius 1 is 1.31 bits per heavy atom. The molecule has 1 aromatic heterocycles. The first-order valence-electron chi connectivity index (χ1n) is 10.4. The minimum Gasteiger partial charge on any atom is -0.487 e. The molecule has 2 N–H and O–H groups in total. The second kappa shape index (κ2) is 10.1. The molecule has 1 fully saturated rings. The van der Waals surface area contributed by atoms with E-state index in [0.717, 1.165) is 55.5 Å². The highest BCUT2D eigenvalue weighted by Gasteiger charge is 2.43. The van der Waals surface area contributed by atoms with Gasteiger partial charge in [0, 0.05) is 42.6 Å². The summed E-state index contributed by atoms with van der Waals surface area (Å²) in [5.41, 5.74) is 1.23. The van der Waals surface area contributed by atoms with E-state index in [4.69, 9.17) is 9.73 Å². The topological polar surface area (TPSA) is 58.5 Å². The van der Waals surface area contributed by atoms with E-state index in [2.05, 4.69) is 53.7 Å². The molecule has 7 heteroatoms. The Balaban J connectivity index is 0.00000240. The molecule has 1 saturated carbocycles. The number of guanidine groups is 1. The number of ether oxygens (including phenoxy) is 1. The van der Waals surface area contributed by atoms with Gasteiger partial charge in [0.1, 0.15) is 11.4 Å². The number of nitrogens with zero attached hydrogens (tertiary/aromatic N) is 2. The van der Waals surface area contributed by atoms with Gasteiger partial charge in [-0.15, -0.1) is 35.3 Å². The highest BCUT2D eigenvalue weighted by molar-refractivity contribution is 14.0. The number of para-hydroxylation sites is 1. The maximum absolute atomic E-state index is 6.49. The number of hydrogen-bond acceptors (Lipinski definition) is 4. The van der Waals surface area contributed by atoms with Crippen LogP contribution in [0.2, 0.25) is 0 Å². The molecule has 2 aliphatic rings. The molecule has 1 aliphatic carbocycles. The van der Waals surface area contributed by atoms with Gasteiger partial charge in [0.05, 0.1) is 11.0 Å². The standard InChI is InChI=1S/C22H30N4OS.HI/c1-3-23-21(24-13-10-20-25-15-16(2)28-20)26-18-14-22(11-6-7-12-22)27-19-9-5-4-8-17(18)19;/h4-5,8-9,15,18H,3,6-7,10-14H2,1-2H3,(H2,23,24,26);1H. The van der Waals surface area contributed by atoms with E-state index in [9.17, 15) is 0 Å². The smallest absolute Gasteiger partial charge is 0.191 e. The second-order valence-electron chi connectivity index (χ2n) is 7.81. The summed E-state index contributed by atoms with van der Waals surface area (Å²) in [5.74, 6) is 1.91. The van der Waals surface area contributed by atoms with Gasteiger partial charge in [-0.25, -0.2) is 4.98 Å². The molecular formula is C22H31IN4OS. The first-order chi connectivity index (χ1) is 13.7. The summed E-state index contributed by atoms with van der Waals surface area (Å²) >= 11 is 1.75. The predicted molar refractivity (Wildman–Crippen MR) is 131 cm³/mol. The van der Waals surface area contributed by atoms with Gasteiger partial charge in [-0.05, 0) is 45.6 Å². The van der Waals surface area contributed by atoms with Crippen molar-refractivity contribution in [3.8, 4) is 5.75 Å². The molecule has 1 aliphatic heterocycles. The fraction of sp³-hybridized carbons (Fsp3) is 0.545. The van der Waals surface area contributed by atoms with Crippen LogP contribution in [-0.2, 0) is 6.42 Å². The third-order valence-electron chi connectivity index (χ3n) is 5.63. The molecule has 2 heterocycles. The number of aromatic nitrogens is 1. The summed E-state index contributed by atoms with van der Waals surface area (Å²) in [7, 11) is 0. The van der Waals surface area contributed by atoms with Crippen molar-refractivity contribution in [2.75, 3.05) is 13.1 Å². The van der Waals surface area contributed by atoms with Gasteiger partial charge >= 0.3 is 0 Å². The highest BCUT2D eigenvalue weighted by atomic mass is 127.